The second kappa shape index (κ2) is 7.46. The number of hydrogen-bond acceptors (Lipinski definition) is 6. The van der Waals surface area contributed by atoms with E-state index in [-0.39, 0.29) is 0 Å². The van der Waals surface area contributed by atoms with Crippen LogP contribution in [0.2, 0.25) is 0 Å². The number of rotatable bonds is 7. The smallest absolute Gasteiger partial charge is 0.136 e. The molecule has 0 spiro atoms. The van der Waals surface area contributed by atoms with E-state index in [1.807, 2.05) is 24.3 Å². The molecule has 0 fully saturated rings. The Kier molecular flexibility index (Phi) is 5.33. The molecule has 2 rings (SSSR count). The van der Waals surface area contributed by atoms with Crippen LogP contribution in [0.4, 0.5) is 5.00 Å². The second-order valence-electron chi connectivity index (χ2n) is 4.24. The molecule has 1 aromatic carbocycles. The predicted octanol–water partition coefficient (Wildman–Crippen LogP) is 3.01. The molecule has 0 amide bonds. The summed E-state index contributed by atoms with van der Waals surface area (Å²) >= 11 is 1.35. The van der Waals surface area contributed by atoms with Gasteiger partial charge >= 0.3 is 0 Å². The lowest BCUT2D eigenvalue weighted by Gasteiger charge is -2.07. The van der Waals surface area contributed by atoms with E-state index in [1.165, 1.54) is 11.5 Å². The van der Waals surface area contributed by atoms with Crippen molar-refractivity contribution in [1.29, 1.82) is 5.26 Å². The fourth-order valence-corrected chi connectivity index (χ4v) is 2.22. The van der Waals surface area contributed by atoms with Crippen LogP contribution in [0.25, 0.3) is 0 Å². The van der Waals surface area contributed by atoms with E-state index in [0.717, 1.165) is 35.0 Å². The topological polar surface area (TPSA) is 70.8 Å². The molecular weight excluding hydrogens is 272 g/mol. The summed E-state index contributed by atoms with van der Waals surface area (Å²) in [6, 6.07) is 9.65. The maximum atomic E-state index is 8.62. The van der Waals surface area contributed by atoms with E-state index in [1.54, 1.807) is 0 Å². The van der Waals surface area contributed by atoms with Crippen LogP contribution in [-0.4, -0.2) is 16.1 Å². The van der Waals surface area contributed by atoms with Gasteiger partial charge in [-0.1, -0.05) is 23.5 Å². The molecule has 1 heterocycles. The van der Waals surface area contributed by atoms with Gasteiger partial charge in [0, 0.05) is 18.1 Å². The zero-order valence-corrected chi connectivity index (χ0v) is 12.1. The summed E-state index contributed by atoms with van der Waals surface area (Å²) < 4.78 is 9.62. The van der Waals surface area contributed by atoms with Gasteiger partial charge in [0.15, 0.2) is 0 Å². The van der Waals surface area contributed by atoms with Gasteiger partial charge in [0.25, 0.3) is 0 Å². The van der Waals surface area contributed by atoms with E-state index < -0.39 is 0 Å². The lowest BCUT2D eigenvalue weighted by molar-refractivity contribution is 0.301. The van der Waals surface area contributed by atoms with Gasteiger partial charge in [0.2, 0.25) is 0 Å². The monoisotopic (exact) mass is 288 g/mol. The maximum absolute atomic E-state index is 8.62. The summed E-state index contributed by atoms with van der Waals surface area (Å²) in [5.74, 6) is 0.765. The van der Waals surface area contributed by atoms with Crippen molar-refractivity contribution < 1.29 is 4.74 Å². The van der Waals surface area contributed by atoms with Crippen molar-refractivity contribution in [2.45, 2.75) is 26.4 Å². The predicted molar refractivity (Wildman–Crippen MR) is 78.8 cm³/mol. The largest absolute Gasteiger partial charge is 0.487 e. The summed E-state index contributed by atoms with van der Waals surface area (Å²) in [5, 5.41) is 16.9. The van der Waals surface area contributed by atoms with Crippen molar-refractivity contribution in [3.05, 3.63) is 35.5 Å². The van der Waals surface area contributed by atoms with Crippen LogP contribution >= 0.6 is 11.5 Å². The summed E-state index contributed by atoms with van der Waals surface area (Å²) in [5.41, 5.74) is 1.81. The number of anilines is 1. The van der Waals surface area contributed by atoms with Crippen LogP contribution in [0.1, 0.15) is 24.6 Å². The molecule has 2 aromatic rings. The number of aromatic nitrogens is 2. The molecule has 0 aliphatic rings. The Balaban J connectivity index is 1.91. The Bertz CT molecular complexity index is 574. The molecule has 0 saturated heterocycles. The fourth-order valence-electron chi connectivity index (χ4n) is 1.62. The highest BCUT2D eigenvalue weighted by Gasteiger charge is 2.08. The first kappa shape index (κ1) is 14.3. The molecule has 20 heavy (non-hydrogen) atoms. The van der Waals surface area contributed by atoms with Crippen molar-refractivity contribution in [2.75, 3.05) is 11.9 Å². The molecule has 1 N–H and O–H groups in total. The quantitative estimate of drug-likeness (QED) is 0.848. The van der Waals surface area contributed by atoms with Crippen LogP contribution in [0, 0.1) is 11.3 Å². The minimum atomic E-state index is 0.389. The van der Waals surface area contributed by atoms with Crippen molar-refractivity contribution in [3.8, 4) is 11.8 Å². The average molecular weight is 288 g/mol. The van der Waals surface area contributed by atoms with Gasteiger partial charge in [0.05, 0.1) is 12.5 Å². The van der Waals surface area contributed by atoms with Gasteiger partial charge in [0.1, 0.15) is 23.1 Å². The lowest BCUT2D eigenvalue weighted by Crippen LogP contribution is -2.03. The molecular formula is C14H16N4OS. The zero-order valence-electron chi connectivity index (χ0n) is 11.3. The maximum Gasteiger partial charge on any atom is 0.136 e. The Morgan fingerprint density at radius 3 is 2.85 bits per heavy atom. The highest BCUT2D eigenvalue weighted by atomic mass is 32.1. The molecule has 6 heteroatoms. The Labute approximate surface area is 122 Å². The van der Waals surface area contributed by atoms with Crippen molar-refractivity contribution in [1.82, 2.24) is 9.59 Å². The Morgan fingerprint density at radius 2 is 2.15 bits per heavy atom. The Hall–Kier alpha value is -2.13. The molecule has 0 aliphatic carbocycles. The average Bonchev–Trinajstić information content (AvgIpc) is 2.92. The van der Waals surface area contributed by atoms with Crippen LogP contribution in [0.3, 0.4) is 0 Å². The van der Waals surface area contributed by atoms with Crippen LogP contribution in [-0.2, 0) is 13.0 Å². The summed E-state index contributed by atoms with van der Waals surface area (Å²) in [4.78, 5) is 0. The third kappa shape index (κ3) is 3.93. The number of nitrogens with zero attached hydrogens (tertiary/aromatic N) is 3. The van der Waals surface area contributed by atoms with Gasteiger partial charge in [-0.05, 0) is 24.1 Å². The van der Waals surface area contributed by atoms with Crippen LogP contribution < -0.4 is 10.1 Å². The van der Waals surface area contributed by atoms with Gasteiger partial charge in [-0.25, -0.2) is 0 Å². The second-order valence-corrected chi connectivity index (χ2v) is 5.00. The Morgan fingerprint density at radius 1 is 1.35 bits per heavy atom. The molecule has 104 valence electrons. The first-order valence-corrected chi connectivity index (χ1v) is 7.24. The molecule has 0 bridgehead atoms. The van der Waals surface area contributed by atoms with Gasteiger partial charge < -0.3 is 10.1 Å². The lowest BCUT2D eigenvalue weighted by atomic mass is 10.2. The molecule has 5 nitrogen and oxygen atoms in total. The van der Waals surface area contributed by atoms with Gasteiger partial charge in [-0.2, -0.15) is 5.26 Å². The third-order valence-electron chi connectivity index (χ3n) is 2.67. The molecule has 0 atom stereocenters. The fraction of sp³-hybridized carbons (Fsp3) is 0.357. The first-order valence-electron chi connectivity index (χ1n) is 6.47. The van der Waals surface area contributed by atoms with E-state index in [4.69, 9.17) is 10.00 Å². The summed E-state index contributed by atoms with van der Waals surface area (Å²) in [7, 11) is 0. The summed E-state index contributed by atoms with van der Waals surface area (Å²) in [6.45, 7) is 3.40. The minimum absolute atomic E-state index is 0.389. The standard InChI is InChI=1S/C14H16N4OS/c1-2-9-16-14-13(17-18-20-14)10-19-12-5-3-11(4-6-12)7-8-15/h3-6,16H,2,7,9-10H2,1H3. The van der Waals surface area contributed by atoms with E-state index in [2.05, 4.69) is 27.9 Å². The molecule has 0 aliphatic heterocycles. The SMILES string of the molecule is CCCNc1snnc1COc1ccc(CC#N)cc1. The molecule has 0 saturated carbocycles. The molecule has 0 unspecified atom stereocenters. The minimum Gasteiger partial charge on any atom is -0.487 e. The van der Waals surface area contributed by atoms with Crippen molar-refractivity contribution in [2.24, 2.45) is 0 Å². The first-order chi connectivity index (χ1) is 9.83. The van der Waals surface area contributed by atoms with Gasteiger partial charge in [-0.15, -0.1) is 5.10 Å². The van der Waals surface area contributed by atoms with E-state index in [9.17, 15) is 0 Å². The van der Waals surface area contributed by atoms with Crippen molar-refractivity contribution in [3.63, 3.8) is 0 Å². The van der Waals surface area contributed by atoms with Gasteiger partial charge in [-0.3, -0.25) is 0 Å². The van der Waals surface area contributed by atoms with Crippen LogP contribution in [0.15, 0.2) is 24.3 Å². The molecule has 0 radical (unpaired) electrons. The number of ether oxygens (including phenoxy) is 1. The number of benzene rings is 1. The summed E-state index contributed by atoms with van der Waals surface area (Å²) in [6.07, 6.45) is 1.47. The van der Waals surface area contributed by atoms with Crippen LogP contribution in [0.5, 0.6) is 5.75 Å². The van der Waals surface area contributed by atoms with Crippen molar-refractivity contribution >= 4 is 16.5 Å². The normalized spacial score (nSPS) is 10.0. The number of hydrogen-bond donors (Lipinski definition) is 1. The number of nitrogens with one attached hydrogen (secondary N) is 1. The highest BCUT2D eigenvalue weighted by Crippen LogP contribution is 2.20. The van der Waals surface area contributed by atoms with E-state index in [0.29, 0.717) is 13.0 Å². The highest BCUT2D eigenvalue weighted by molar-refractivity contribution is 7.10. The third-order valence-corrected chi connectivity index (χ3v) is 3.40. The number of nitriles is 1. The molecule has 1 aromatic heterocycles. The van der Waals surface area contributed by atoms with E-state index >= 15 is 0 Å². The zero-order chi connectivity index (χ0) is 14.2.